The van der Waals surface area contributed by atoms with Gasteiger partial charge in [-0.1, -0.05) is 0 Å². The maximum atomic E-state index is 11.3. The second-order valence-corrected chi connectivity index (χ2v) is 4.08. The van der Waals surface area contributed by atoms with Gasteiger partial charge in [-0.15, -0.1) is 0 Å². The maximum absolute atomic E-state index is 11.3. The van der Waals surface area contributed by atoms with Gasteiger partial charge in [0.1, 0.15) is 0 Å². The van der Waals surface area contributed by atoms with Crippen LogP contribution in [0.5, 0.6) is 0 Å². The Morgan fingerprint density at radius 3 is 2.54 bits per heavy atom. The van der Waals surface area contributed by atoms with Crippen molar-refractivity contribution >= 4 is 5.91 Å². The zero-order valence-corrected chi connectivity index (χ0v) is 7.92. The van der Waals surface area contributed by atoms with Gasteiger partial charge in [0.05, 0.1) is 0 Å². The van der Waals surface area contributed by atoms with Gasteiger partial charge in [0.15, 0.2) is 0 Å². The molecule has 2 rings (SSSR count). The number of hydrogen-bond acceptors (Lipinski definition) is 2. The highest BCUT2D eigenvalue weighted by molar-refractivity contribution is 5.80. The quantitative estimate of drug-likeness (QED) is 0.707. The molecule has 0 unspecified atom stereocenters. The minimum atomic E-state index is 0.270. The summed E-state index contributed by atoms with van der Waals surface area (Å²) in [5.41, 5.74) is 0. The Morgan fingerprint density at radius 2 is 1.92 bits per heavy atom. The van der Waals surface area contributed by atoms with Crippen LogP contribution in [0, 0.1) is 11.8 Å². The number of carbonyl (C=O) groups excluding carboxylic acids is 1. The first-order valence-corrected chi connectivity index (χ1v) is 5.21. The Bertz CT molecular complexity index is 183. The predicted octanol–water partition coefficient (Wildman–Crippen LogP) is 0.939. The van der Waals surface area contributed by atoms with Crippen LogP contribution in [-0.4, -0.2) is 25.7 Å². The van der Waals surface area contributed by atoms with Crippen molar-refractivity contribution in [3.63, 3.8) is 0 Å². The fourth-order valence-electron chi connectivity index (χ4n) is 1.69. The minimum Gasteiger partial charge on any atom is -0.381 e. The summed E-state index contributed by atoms with van der Waals surface area (Å²) in [5.74, 6) is 1.27. The molecule has 0 radical (unpaired) electrons. The van der Waals surface area contributed by atoms with Gasteiger partial charge in [-0.25, -0.2) is 0 Å². The van der Waals surface area contributed by atoms with Crippen molar-refractivity contribution in [3.05, 3.63) is 0 Å². The molecule has 13 heavy (non-hydrogen) atoms. The average molecular weight is 183 g/mol. The number of hydrogen-bond donors (Lipinski definition) is 1. The SMILES string of the molecule is O=C(NCC1CCOCC1)C1CC1. The largest absolute Gasteiger partial charge is 0.381 e. The van der Waals surface area contributed by atoms with Gasteiger partial charge in [-0.3, -0.25) is 4.79 Å². The van der Waals surface area contributed by atoms with E-state index in [1.165, 1.54) is 0 Å². The maximum Gasteiger partial charge on any atom is 0.223 e. The zero-order valence-electron chi connectivity index (χ0n) is 7.92. The van der Waals surface area contributed by atoms with Gasteiger partial charge in [0.2, 0.25) is 5.91 Å². The number of ether oxygens (including phenoxy) is 1. The van der Waals surface area contributed by atoms with Crippen LogP contribution in [0.25, 0.3) is 0 Å². The molecule has 3 nitrogen and oxygen atoms in total. The third-order valence-electron chi connectivity index (χ3n) is 2.85. The summed E-state index contributed by atoms with van der Waals surface area (Å²) in [4.78, 5) is 11.3. The molecular formula is C10H17NO2. The molecule has 0 spiro atoms. The Kier molecular flexibility index (Phi) is 2.83. The Morgan fingerprint density at radius 1 is 1.23 bits per heavy atom. The Hall–Kier alpha value is -0.570. The summed E-state index contributed by atoms with van der Waals surface area (Å²) >= 11 is 0. The summed E-state index contributed by atoms with van der Waals surface area (Å²) in [6.45, 7) is 2.59. The van der Waals surface area contributed by atoms with E-state index in [2.05, 4.69) is 5.32 Å². The smallest absolute Gasteiger partial charge is 0.223 e. The molecule has 0 aromatic rings. The van der Waals surface area contributed by atoms with E-state index in [9.17, 15) is 4.79 Å². The molecule has 0 bridgehead atoms. The van der Waals surface area contributed by atoms with Crippen molar-refractivity contribution in [1.29, 1.82) is 0 Å². The third-order valence-corrected chi connectivity index (χ3v) is 2.85. The summed E-state index contributed by atoms with van der Waals surface area (Å²) in [7, 11) is 0. The van der Waals surface area contributed by atoms with Crippen molar-refractivity contribution in [3.8, 4) is 0 Å². The van der Waals surface area contributed by atoms with E-state index in [1.54, 1.807) is 0 Å². The Labute approximate surface area is 78.8 Å². The lowest BCUT2D eigenvalue weighted by molar-refractivity contribution is -0.122. The molecule has 1 N–H and O–H groups in total. The van der Waals surface area contributed by atoms with Crippen molar-refractivity contribution in [2.24, 2.45) is 11.8 Å². The van der Waals surface area contributed by atoms with Gasteiger partial charge in [-0.2, -0.15) is 0 Å². The standard InChI is InChI=1S/C10H17NO2/c12-10(9-1-2-9)11-7-8-3-5-13-6-4-8/h8-9H,1-7H2,(H,11,12). The average Bonchev–Trinajstić information content (AvgIpc) is 2.99. The van der Waals surface area contributed by atoms with E-state index in [1.807, 2.05) is 0 Å². The van der Waals surface area contributed by atoms with Gasteiger partial charge < -0.3 is 10.1 Å². The first-order valence-electron chi connectivity index (χ1n) is 5.21. The molecule has 2 fully saturated rings. The van der Waals surface area contributed by atoms with Gasteiger partial charge >= 0.3 is 0 Å². The first kappa shape index (κ1) is 9.00. The number of carbonyl (C=O) groups is 1. The van der Waals surface area contributed by atoms with Crippen LogP contribution in [0.4, 0.5) is 0 Å². The molecule has 74 valence electrons. The molecule has 2 aliphatic rings. The highest BCUT2D eigenvalue weighted by atomic mass is 16.5. The minimum absolute atomic E-state index is 0.270. The number of amides is 1. The zero-order chi connectivity index (χ0) is 9.10. The third kappa shape index (κ3) is 2.69. The Balaban J connectivity index is 1.62. The lowest BCUT2D eigenvalue weighted by Gasteiger charge is -2.22. The summed E-state index contributed by atoms with van der Waals surface area (Å²) in [6, 6.07) is 0. The van der Waals surface area contributed by atoms with E-state index in [0.717, 1.165) is 45.4 Å². The molecular weight excluding hydrogens is 166 g/mol. The molecule has 0 aromatic carbocycles. The van der Waals surface area contributed by atoms with Crippen LogP contribution in [-0.2, 0) is 9.53 Å². The lowest BCUT2D eigenvalue weighted by Crippen LogP contribution is -2.32. The van der Waals surface area contributed by atoms with E-state index >= 15 is 0 Å². The highest BCUT2D eigenvalue weighted by Crippen LogP contribution is 2.28. The van der Waals surface area contributed by atoms with Crippen molar-refractivity contribution in [1.82, 2.24) is 5.32 Å². The fourth-order valence-corrected chi connectivity index (χ4v) is 1.69. The molecule has 0 atom stereocenters. The van der Waals surface area contributed by atoms with Crippen LogP contribution < -0.4 is 5.32 Å². The normalized spacial score (nSPS) is 24.3. The van der Waals surface area contributed by atoms with Crippen LogP contribution in [0.2, 0.25) is 0 Å². The number of nitrogens with one attached hydrogen (secondary N) is 1. The van der Waals surface area contributed by atoms with Gasteiger partial charge in [0, 0.05) is 25.7 Å². The second-order valence-electron chi connectivity index (χ2n) is 4.08. The van der Waals surface area contributed by atoms with Crippen molar-refractivity contribution in [2.75, 3.05) is 19.8 Å². The van der Waals surface area contributed by atoms with Crippen LogP contribution in [0.15, 0.2) is 0 Å². The van der Waals surface area contributed by atoms with E-state index in [4.69, 9.17) is 4.74 Å². The van der Waals surface area contributed by atoms with Crippen molar-refractivity contribution in [2.45, 2.75) is 25.7 Å². The summed E-state index contributed by atoms with van der Waals surface area (Å²) in [5, 5.41) is 3.02. The van der Waals surface area contributed by atoms with Crippen LogP contribution >= 0.6 is 0 Å². The monoisotopic (exact) mass is 183 g/mol. The molecule has 1 saturated carbocycles. The van der Waals surface area contributed by atoms with Gasteiger partial charge in [0.25, 0.3) is 0 Å². The highest BCUT2D eigenvalue weighted by Gasteiger charge is 2.29. The molecule has 1 saturated heterocycles. The van der Waals surface area contributed by atoms with E-state index in [0.29, 0.717) is 11.8 Å². The molecule has 1 amide bonds. The van der Waals surface area contributed by atoms with Crippen LogP contribution in [0.3, 0.4) is 0 Å². The fraction of sp³-hybridized carbons (Fsp3) is 0.900. The predicted molar refractivity (Wildman–Crippen MR) is 49.3 cm³/mol. The van der Waals surface area contributed by atoms with E-state index in [-0.39, 0.29) is 5.91 Å². The lowest BCUT2D eigenvalue weighted by atomic mass is 10.0. The summed E-state index contributed by atoms with van der Waals surface area (Å²) < 4.78 is 5.25. The topological polar surface area (TPSA) is 38.3 Å². The van der Waals surface area contributed by atoms with Crippen molar-refractivity contribution < 1.29 is 9.53 Å². The molecule has 1 aliphatic heterocycles. The number of rotatable bonds is 3. The van der Waals surface area contributed by atoms with E-state index < -0.39 is 0 Å². The molecule has 1 heterocycles. The molecule has 0 aromatic heterocycles. The van der Waals surface area contributed by atoms with Gasteiger partial charge in [-0.05, 0) is 31.6 Å². The molecule has 1 aliphatic carbocycles. The first-order chi connectivity index (χ1) is 6.36. The summed E-state index contributed by atoms with van der Waals surface area (Å²) in [6.07, 6.45) is 4.40. The van der Waals surface area contributed by atoms with Crippen LogP contribution in [0.1, 0.15) is 25.7 Å². The molecule has 3 heteroatoms. The second kappa shape index (κ2) is 4.09.